The minimum Gasteiger partial charge on any atom is -0.265 e. The molecule has 3 aromatic heterocycles. The molecule has 3 rings (SSSR count). The lowest BCUT2D eigenvalue weighted by atomic mass is 10.1. The van der Waals surface area contributed by atoms with Crippen molar-refractivity contribution < 1.29 is 0 Å². The average Bonchev–Trinajstić information content (AvgIpc) is 2.79. The summed E-state index contributed by atoms with van der Waals surface area (Å²) in [5.74, 6) is 0. The summed E-state index contributed by atoms with van der Waals surface area (Å²) < 4.78 is 0. The summed E-state index contributed by atoms with van der Waals surface area (Å²) in [6.45, 7) is 17.2. The van der Waals surface area contributed by atoms with Crippen LogP contribution in [0.15, 0.2) is 98.6 Å². The Hall–Kier alpha value is -3.07. The van der Waals surface area contributed by atoms with Crippen LogP contribution in [0.4, 0.5) is 0 Å². The van der Waals surface area contributed by atoms with Gasteiger partial charge in [0.05, 0.1) is 11.4 Å². The molecule has 0 atom stereocenters. The van der Waals surface area contributed by atoms with Gasteiger partial charge in [-0.25, -0.2) is 0 Å². The molecule has 0 saturated heterocycles. The third kappa shape index (κ3) is 13.9. The predicted octanol–water partition coefficient (Wildman–Crippen LogP) is 6.86. The Kier molecular flexibility index (Phi) is 20.3. The van der Waals surface area contributed by atoms with Crippen molar-refractivity contribution >= 4 is 5.57 Å². The number of aromatic nitrogens is 3. The Morgan fingerprint density at radius 1 is 0.704 bits per heavy atom. The molecular weight excluding hydrogens is 330 g/mol. The SMILES string of the molecule is C=C(c1ccccn1)c1ccccn1.C=CC.CC.CC.c1ccncc1. The second-order valence-corrected chi connectivity index (χ2v) is 4.34. The molecule has 0 amide bonds. The minimum atomic E-state index is 0.853. The van der Waals surface area contributed by atoms with Gasteiger partial charge in [0.15, 0.2) is 0 Å². The number of hydrogen-bond donors (Lipinski definition) is 0. The summed E-state index contributed by atoms with van der Waals surface area (Å²) in [6, 6.07) is 17.2. The van der Waals surface area contributed by atoms with Gasteiger partial charge in [0.2, 0.25) is 0 Å². The zero-order chi connectivity index (χ0) is 20.8. The number of rotatable bonds is 2. The molecule has 0 aromatic carbocycles. The van der Waals surface area contributed by atoms with Gasteiger partial charge in [-0.05, 0) is 43.3 Å². The topological polar surface area (TPSA) is 38.7 Å². The number of nitrogens with zero attached hydrogens (tertiary/aromatic N) is 3. The van der Waals surface area contributed by atoms with Crippen molar-refractivity contribution in [2.75, 3.05) is 0 Å². The first-order valence-electron chi connectivity index (χ1n) is 9.23. The highest BCUT2D eigenvalue weighted by molar-refractivity contribution is 5.73. The van der Waals surface area contributed by atoms with Crippen LogP contribution in [0.2, 0.25) is 0 Å². The van der Waals surface area contributed by atoms with Gasteiger partial charge >= 0.3 is 0 Å². The van der Waals surface area contributed by atoms with E-state index in [1.54, 1.807) is 30.9 Å². The van der Waals surface area contributed by atoms with Crippen molar-refractivity contribution in [1.82, 2.24) is 15.0 Å². The van der Waals surface area contributed by atoms with Crippen molar-refractivity contribution in [3.63, 3.8) is 0 Å². The molecule has 0 saturated carbocycles. The van der Waals surface area contributed by atoms with Crippen LogP contribution < -0.4 is 0 Å². The normalized spacial score (nSPS) is 7.74. The first kappa shape index (κ1) is 26.2. The van der Waals surface area contributed by atoms with Crippen molar-refractivity contribution in [3.05, 3.63) is 110 Å². The highest BCUT2D eigenvalue weighted by atomic mass is 14.7. The fourth-order valence-corrected chi connectivity index (χ4v) is 1.53. The largest absolute Gasteiger partial charge is 0.265 e. The molecule has 3 heteroatoms. The minimum absolute atomic E-state index is 0.853. The summed E-state index contributed by atoms with van der Waals surface area (Å²) in [4.78, 5) is 12.2. The van der Waals surface area contributed by atoms with Crippen LogP contribution in [0.1, 0.15) is 46.0 Å². The highest BCUT2D eigenvalue weighted by Gasteiger charge is 2.02. The third-order valence-corrected chi connectivity index (χ3v) is 2.51. The molecule has 0 radical (unpaired) electrons. The molecule has 144 valence electrons. The molecule has 3 aromatic rings. The lowest BCUT2D eigenvalue weighted by molar-refractivity contribution is 1.23. The summed E-state index contributed by atoms with van der Waals surface area (Å²) in [7, 11) is 0. The van der Waals surface area contributed by atoms with Gasteiger partial charge in [-0.2, -0.15) is 0 Å². The third-order valence-electron chi connectivity index (χ3n) is 2.51. The number of pyridine rings is 3. The number of hydrogen-bond acceptors (Lipinski definition) is 3. The summed E-state index contributed by atoms with van der Waals surface area (Å²) in [5.41, 5.74) is 2.59. The zero-order valence-electron chi connectivity index (χ0n) is 17.3. The van der Waals surface area contributed by atoms with Crippen LogP contribution in [0.25, 0.3) is 5.57 Å². The molecule has 0 N–H and O–H groups in total. The maximum atomic E-state index is 4.22. The molecule has 0 bridgehead atoms. The molecule has 0 fully saturated rings. The second-order valence-electron chi connectivity index (χ2n) is 4.34. The van der Waals surface area contributed by atoms with Crippen LogP contribution in [-0.2, 0) is 0 Å². The maximum absolute atomic E-state index is 4.22. The van der Waals surface area contributed by atoms with Gasteiger partial charge in [-0.3, -0.25) is 15.0 Å². The molecule has 0 aliphatic rings. The standard InChI is InChI=1S/C12H10N2.C5H5N.C3H6.2C2H6/c1-10(11-6-2-4-8-13-11)12-7-3-5-9-14-12;1-2-4-6-5-3-1;1-3-2;2*1-2/h2-9H,1H2;1-5H;3H,1H2,2H3;2*1-2H3. The van der Waals surface area contributed by atoms with E-state index in [0.29, 0.717) is 0 Å². The molecular formula is C24H33N3. The zero-order valence-corrected chi connectivity index (χ0v) is 17.3. The first-order chi connectivity index (χ1) is 13.3. The van der Waals surface area contributed by atoms with Crippen LogP contribution in [-0.4, -0.2) is 15.0 Å². The quantitative estimate of drug-likeness (QED) is 0.467. The Labute approximate surface area is 165 Å². The van der Waals surface area contributed by atoms with Gasteiger partial charge < -0.3 is 0 Å². The van der Waals surface area contributed by atoms with Gasteiger partial charge in [0, 0.05) is 30.4 Å². The van der Waals surface area contributed by atoms with Crippen LogP contribution in [0.5, 0.6) is 0 Å². The highest BCUT2D eigenvalue weighted by Crippen LogP contribution is 2.16. The Bertz CT molecular complexity index is 598. The summed E-state index contributed by atoms with van der Waals surface area (Å²) in [5, 5.41) is 0. The van der Waals surface area contributed by atoms with E-state index < -0.39 is 0 Å². The Morgan fingerprint density at radius 2 is 1.07 bits per heavy atom. The summed E-state index contributed by atoms with van der Waals surface area (Å²) in [6.07, 6.45) is 8.76. The van der Waals surface area contributed by atoms with Gasteiger partial charge in [0.25, 0.3) is 0 Å². The maximum Gasteiger partial charge on any atom is 0.0717 e. The van der Waals surface area contributed by atoms with Crippen molar-refractivity contribution in [3.8, 4) is 0 Å². The smallest absolute Gasteiger partial charge is 0.0717 e. The average molecular weight is 364 g/mol. The lowest BCUT2D eigenvalue weighted by Gasteiger charge is -2.02. The Morgan fingerprint density at radius 3 is 1.30 bits per heavy atom. The Balaban J connectivity index is 0. The second kappa shape index (κ2) is 21.0. The van der Waals surface area contributed by atoms with Crippen LogP contribution in [0.3, 0.4) is 0 Å². The molecule has 27 heavy (non-hydrogen) atoms. The molecule has 0 spiro atoms. The lowest BCUT2D eigenvalue weighted by Crippen LogP contribution is -1.91. The summed E-state index contributed by atoms with van der Waals surface area (Å²) >= 11 is 0. The van der Waals surface area contributed by atoms with Gasteiger partial charge in [-0.15, -0.1) is 6.58 Å². The van der Waals surface area contributed by atoms with E-state index in [1.165, 1.54) is 0 Å². The van der Waals surface area contributed by atoms with Crippen LogP contribution >= 0.6 is 0 Å². The monoisotopic (exact) mass is 363 g/mol. The molecule has 0 unspecified atom stereocenters. The van der Waals surface area contributed by atoms with Gasteiger partial charge in [0.1, 0.15) is 0 Å². The van der Waals surface area contributed by atoms with E-state index in [0.717, 1.165) is 17.0 Å². The predicted molar refractivity (Wildman–Crippen MR) is 119 cm³/mol. The van der Waals surface area contributed by atoms with Crippen molar-refractivity contribution in [2.45, 2.75) is 34.6 Å². The molecule has 3 heterocycles. The molecule has 0 aliphatic carbocycles. The molecule has 0 aliphatic heterocycles. The number of allylic oxidation sites excluding steroid dienone is 1. The van der Waals surface area contributed by atoms with Gasteiger partial charge in [-0.1, -0.05) is 58.5 Å². The van der Waals surface area contributed by atoms with E-state index in [1.807, 2.05) is 89.2 Å². The molecule has 3 nitrogen and oxygen atoms in total. The van der Waals surface area contributed by atoms with E-state index >= 15 is 0 Å². The van der Waals surface area contributed by atoms with E-state index in [-0.39, 0.29) is 0 Å². The van der Waals surface area contributed by atoms with Crippen LogP contribution in [0, 0.1) is 0 Å². The first-order valence-corrected chi connectivity index (χ1v) is 9.23. The fourth-order valence-electron chi connectivity index (χ4n) is 1.53. The van der Waals surface area contributed by atoms with Crippen molar-refractivity contribution in [2.24, 2.45) is 0 Å². The van der Waals surface area contributed by atoms with E-state index in [2.05, 4.69) is 28.1 Å². The van der Waals surface area contributed by atoms with E-state index in [4.69, 9.17) is 0 Å². The van der Waals surface area contributed by atoms with E-state index in [9.17, 15) is 0 Å². The fraction of sp³-hybridized carbons (Fsp3) is 0.208. The van der Waals surface area contributed by atoms with Crippen molar-refractivity contribution in [1.29, 1.82) is 0 Å².